The van der Waals surface area contributed by atoms with Gasteiger partial charge in [0, 0.05) is 18.2 Å². The summed E-state index contributed by atoms with van der Waals surface area (Å²) in [5.41, 5.74) is 5.84. The van der Waals surface area contributed by atoms with E-state index in [1.807, 2.05) is 0 Å². The molecular formula is C12H9ClF2N2O. The van der Waals surface area contributed by atoms with Crippen molar-refractivity contribution in [3.63, 3.8) is 0 Å². The first-order valence-corrected chi connectivity index (χ1v) is 5.45. The quantitative estimate of drug-likeness (QED) is 0.931. The Kier molecular flexibility index (Phi) is 3.74. The van der Waals surface area contributed by atoms with Crippen molar-refractivity contribution in [3.8, 4) is 11.6 Å². The van der Waals surface area contributed by atoms with E-state index in [4.69, 9.17) is 22.1 Å². The van der Waals surface area contributed by atoms with Crippen molar-refractivity contribution in [2.75, 3.05) is 0 Å². The smallest absolute Gasteiger partial charge is 0.223 e. The Morgan fingerprint density at radius 2 is 2.06 bits per heavy atom. The van der Waals surface area contributed by atoms with Crippen molar-refractivity contribution in [2.45, 2.75) is 6.54 Å². The van der Waals surface area contributed by atoms with Crippen molar-refractivity contribution < 1.29 is 13.5 Å². The van der Waals surface area contributed by atoms with Gasteiger partial charge < -0.3 is 10.5 Å². The topological polar surface area (TPSA) is 48.1 Å². The zero-order valence-corrected chi connectivity index (χ0v) is 9.92. The van der Waals surface area contributed by atoms with E-state index in [-0.39, 0.29) is 23.2 Å². The maximum absolute atomic E-state index is 13.2. The Morgan fingerprint density at radius 1 is 1.28 bits per heavy atom. The molecule has 2 rings (SSSR count). The lowest BCUT2D eigenvalue weighted by molar-refractivity contribution is 0.448. The van der Waals surface area contributed by atoms with Gasteiger partial charge in [-0.2, -0.15) is 0 Å². The first-order valence-electron chi connectivity index (χ1n) is 5.07. The van der Waals surface area contributed by atoms with Crippen LogP contribution >= 0.6 is 11.6 Å². The summed E-state index contributed by atoms with van der Waals surface area (Å²) in [6.45, 7) is 0.0656. The average molecular weight is 271 g/mol. The third-order valence-corrected chi connectivity index (χ3v) is 2.52. The number of halogens is 3. The van der Waals surface area contributed by atoms with Crippen molar-refractivity contribution in [3.05, 3.63) is 52.7 Å². The van der Waals surface area contributed by atoms with Gasteiger partial charge in [-0.15, -0.1) is 0 Å². The molecule has 0 fully saturated rings. The van der Waals surface area contributed by atoms with E-state index < -0.39 is 11.6 Å². The standard InChI is InChI=1S/C12H9ClF2N2O/c13-10-2-1-9(4-11(10)15)18-12-7(5-16)3-8(14)6-17-12/h1-4,6H,5,16H2. The Morgan fingerprint density at radius 3 is 2.72 bits per heavy atom. The molecule has 0 aliphatic heterocycles. The molecule has 0 saturated carbocycles. The zero-order valence-electron chi connectivity index (χ0n) is 9.16. The summed E-state index contributed by atoms with van der Waals surface area (Å²) >= 11 is 5.55. The van der Waals surface area contributed by atoms with Crippen LogP contribution in [0.1, 0.15) is 5.56 Å². The van der Waals surface area contributed by atoms with Crippen LogP contribution in [0.5, 0.6) is 11.6 Å². The summed E-state index contributed by atoms with van der Waals surface area (Å²) in [5, 5.41) is -0.00605. The molecule has 0 saturated heterocycles. The van der Waals surface area contributed by atoms with Crippen molar-refractivity contribution >= 4 is 11.6 Å². The molecule has 94 valence electrons. The number of aromatic nitrogens is 1. The number of benzene rings is 1. The molecule has 18 heavy (non-hydrogen) atoms. The van der Waals surface area contributed by atoms with E-state index in [1.54, 1.807) is 0 Å². The third kappa shape index (κ3) is 2.75. The molecule has 3 nitrogen and oxygen atoms in total. The normalized spacial score (nSPS) is 10.4. The highest BCUT2D eigenvalue weighted by Gasteiger charge is 2.08. The number of nitrogens with zero attached hydrogens (tertiary/aromatic N) is 1. The maximum atomic E-state index is 13.2. The summed E-state index contributed by atoms with van der Waals surface area (Å²) in [4.78, 5) is 3.76. The van der Waals surface area contributed by atoms with Crippen LogP contribution in [-0.2, 0) is 6.54 Å². The number of rotatable bonds is 3. The molecule has 0 amide bonds. The van der Waals surface area contributed by atoms with Gasteiger partial charge in [-0.1, -0.05) is 11.6 Å². The van der Waals surface area contributed by atoms with Crippen molar-refractivity contribution in [2.24, 2.45) is 5.73 Å². The van der Waals surface area contributed by atoms with Gasteiger partial charge in [0.05, 0.1) is 11.2 Å². The minimum atomic E-state index is -0.606. The number of hydrogen-bond donors (Lipinski definition) is 1. The summed E-state index contributed by atoms with van der Waals surface area (Å²) < 4.78 is 31.5. The lowest BCUT2D eigenvalue weighted by Gasteiger charge is -2.09. The Labute approximate surface area is 107 Å². The van der Waals surface area contributed by atoms with Crippen LogP contribution in [-0.4, -0.2) is 4.98 Å². The summed E-state index contributed by atoms with van der Waals surface area (Å²) in [5.74, 6) is -0.762. The molecule has 2 N–H and O–H groups in total. The lowest BCUT2D eigenvalue weighted by Crippen LogP contribution is -2.02. The van der Waals surface area contributed by atoms with Gasteiger partial charge in [-0.3, -0.25) is 0 Å². The average Bonchev–Trinajstić information content (AvgIpc) is 2.36. The van der Waals surface area contributed by atoms with E-state index in [0.29, 0.717) is 5.56 Å². The molecule has 0 aliphatic rings. The Bertz CT molecular complexity index is 578. The highest BCUT2D eigenvalue weighted by Crippen LogP contribution is 2.26. The zero-order chi connectivity index (χ0) is 13.1. The summed E-state index contributed by atoms with van der Waals surface area (Å²) in [7, 11) is 0. The Balaban J connectivity index is 2.30. The minimum Gasteiger partial charge on any atom is -0.439 e. The second-order valence-corrected chi connectivity index (χ2v) is 3.91. The number of pyridine rings is 1. The van der Waals surface area contributed by atoms with Crippen molar-refractivity contribution in [1.82, 2.24) is 4.98 Å². The molecule has 1 aromatic carbocycles. The molecule has 1 heterocycles. The number of ether oxygens (including phenoxy) is 1. The lowest BCUT2D eigenvalue weighted by atomic mass is 10.2. The highest BCUT2D eigenvalue weighted by molar-refractivity contribution is 6.30. The molecule has 0 unspecified atom stereocenters. The fourth-order valence-corrected chi connectivity index (χ4v) is 1.48. The maximum Gasteiger partial charge on any atom is 0.223 e. The monoisotopic (exact) mass is 270 g/mol. The number of hydrogen-bond acceptors (Lipinski definition) is 3. The summed E-state index contributed by atoms with van der Waals surface area (Å²) in [6, 6.07) is 5.18. The van der Waals surface area contributed by atoms with Crippen LogP contribution in [0.25, 0.3) is 0 Å². The van der Waals surface area contributed by atoms with Crippen molar-refractivity contribution in [1.29, 1.82) is 0 Å². The fourth-order valence-electron chi connectivity index (χ4n) is 1.36. The highest BCUT2D eigenvalue weighted by atomic mass is 35.5. The van der Waals surface area contributed by atoms with E-state index in [9.17, 15) is 8.78 Å². The molecule has 2 aromatic rings. The second kappa shape index (κ2) is 5.29. The first-order chi connectivity index (χ1) is 8.60. The van der Waals surface area contributed by atoms with Gasteiger partial charge in [-0.25, -0.2) is 13.8 Å². The molecule has 0 radical (unpaired) electrons. The molecule has 0 bridgehead atoms. The van der Waals surface area contributed by atoms with E-state index in [2.05, 4.69) is 4.98 Å². The predicted molar refractivity (Wildman–Crippen MR) is 63.6 cm³/mol. The summed E-state index contributed by atoms with van der Waals surface area (Å²) in [6.07, 6.45) is 1.00. The molecule has 0 aliphatic carbocycles. The third-order valence-electron chi connectivity index (χ3n) is 2.22. The van der Waals surface area contributed by atoms with Gasteiger partial charge in [-0.05, 0) is 18.2 Å². The van der Waals surface area contributed by atoms with Gasteiger partial charge in [0.15, 0.2) is 0 Å². The van der Waals surface area contributed by atoms with Crippen LogP contribution in [0.3, 0.4) is 0 Å². The van der Waals surface area contributed by atoms with Gasteiger partial charge in [0.2, 0.25) is 5.88 Å². The van der Waals surface area contributed by atoms with Crippen LogP contribution in [0.15, 0.2) is 30.5 Å². The van der Waals surface area contributed by atoms with Gasteiger partial charge >= 0.3 is 0 Å². The van der Waals surface area contributed by atoms with Gasteiger partial charge in [0.25, 0.3) is 0 Å². The minimum absolute atomic E-state index is 0.00605. The molecule has 6 heteroatoms. The van der Waals surface area contributed by atoms with Crippen LogP contribution in [0.4, 0.5) is 8.78 Å². The van der Waals surface area contributed by atoms with Crippen LogP contribution < -0.4 is 10.5 Å². The molecule has 0 spiro atoms. The SMILES string of the molecule is NCc1cc(F)cnc1Oc1ccc(Cl)c(F)c1. The second-order valence-electron chi connectivity index (χ2n) is 3.50. The molecular weight excluding hydrogens is 262 g/mol. The molecule has 0 atom stereocenters. The van der Waals surface area contributed by atoms with Gasteiger partial charge in [0.1, 0.15) is 17.4 Å². The van der Waals surface area contributed by atoms with Crippen LogP contribution in [0.2, 0.25) is 5.02 Å². The van der Waals surface area contributed by atoms with E-state index in [1.165, 1.54) is 18.2 Å². The van der Waals surface area contributed by atoms with Crippen LogP contribution in [0, 0.1) is 11.6 Å². The fraction of sp³-hybridized carbons (Fsp3) is 0.0833. The number of nitrogens with two attached hydrogens (primary N) is 1. The Hall–Kier alpha value is -1.72. The molecule has 1 aromatic heterocycles. The first kappa shape index (κ1) is 12.7. The predicted octanol–water partition coefficient (Wildman–Crippen LogP) is 3.26. The largest absolute Gasteiger partial charge is 0.439 e. The van der Waals surface area contributed by atoms with E-state index >= 15 is 0 Å². The van der Waals surface area contributed by atoms with E-state index in [0.717, 1.165) is 12.3 Å².